The maximum absolute atomic E-state index is 6.08. The van der Waals surface area contributed by atoms with Crippen molar-refractivity contribution in [1.29, 1.82) is 0 Å². The molecule has 3 heteroatoms. The number of ether oxygens (including phenoxy) is 1. The molecule has 0 radical (unpaired) electrons. The molecule has 0 aromatic heterocycles. The highest BCUT2D eigenvalue weighted by molar-refractivity contribution is 5.26. The molecule has 2 rings (SSSR count). The Morgan fingerprint density at radius 2 is 2.10 bits per heavy atom. The average Bonchev–Trinajstić information content (AvgIpc) is 2.51. The number of nitrogens with two attached hydrogens (primary N) is 1. The van der Waals surface area contributed by atoms with Gasteiger partial charge in [-0.05, 0) is 43.0 Å². The largest absolute Gasteiger partial charge is 0.380 e. The van der Waals surface area contributed by atoms with Gasteiger partial charge in [0.1, 0.15) is 0 Å². The van der Waals surface area contributed by atoms with Crippen LogP contribution in [-0.2, 0) is 11.3 Å². The summed E-state index contributed by atoms with van der Waals surface area (Å²) in [6, 6.07) is 9.04. The van der Waals surface area contributed by atoms with Gasteiger partial charge >= 0.3 is 0 Å². The van der Waals surface area contributed by atoms with Gasteiger partial charge in [0.05, 0.1) is 6.61 Å². The van der Waals surface area contributed by atoms with Gasteiger partial charge in [-0.1, -0.05) is 44.0 Å². The standard InChI is InChI=1S/C18H30N2O/c1-3-5-15-8-10-20(11-9-15)18(13-19)17-7-4-6-16(12-17)14-21-2/h4,6-7,12,15,18H,3,5,8-11,13-14,19H2,1-2H3. The molecule has 1 aliphatic heterocycles. The molecule has 0 spiro atoms. The third-order valence-electron chi connectivity index (χ3n) is 4.66. The van der Waals surface area contributed by atoms with E-state index >= 15 is 0 Å². The van der Waals surface area contributed by atoms with Crippen molar-refractivity contribution >= 4 is 0 Å². The van der Waals surface area contributed by atoms with Crippen LogP contribution in [0.4, 0.5) is 0 Å². The Morgan fingerprint density at radius 1 is 1.33 bits per heavy atom. The molecule has 1 unspecified atom stereocenters. The number of methoxy groups -OCH3 is 1. The number of benzene rings is 1. The number of hydrogen-bond acceptors (Lipinski definition) is 3. The lowest BCUT2D eigenvalue weighted by Crippen LogP contribution is -2.39. The van der Waals surface area contributed by atoms with Crippen LogP contribution < -0.4 is 5.73 Å². The molecule has 1 heterocycles. The fourth-order valence-electron chi connectivity index (χ4n) is 3.51. The number of nitrogens with zero attached hydrogens (tertiary/aromatic N) is 1. The van der Waals surface area contributed by atoms with Gasteiger partial charge in [0.2, 0.25) is 0 Å². The van der Waals surface area contributed by atoms with Gasteiger partial charge in [0.25, 0.3) is 0 Å². The van der Waals surface area contributed by atoms with E-state index in [1.807, 2.05) is 0 Å². The Morgan fingerprint density at radius 3 is 2.71 bits per heavy atom. The van der Waals surface area contributed by atoms with Crippen molar-refractivity contribution in [3.63, 3.8) is 0 Å². The lowest BCUT2D eigenvalue weighted by molar-refractivity contribution is 0.131. The van der Waals surface area contributed by atoms with Crippen molar-refractivity contribution in [2.24, 2.45) is 11.7 Å². The monoisotopic (exact) mass is 290 g/mol. The summed E-state index contributed by atoms with van der Waals surface area (Å²) in [6.45, 7) is 6.01. The van der Waals surface area contributed by atoms with Crippen LogP contribution >= 0.6 is 0 Å². The average molecular weight is 290 g/mol. The fraction of sp³-hybridized carbons (Fsp3) is 0.667. The topological polar surface area (TPSA) is 38.5 Å². The summed E-state index contributed by atoms with van der Waals surface area (Å²) in [5, 5.41) is 0. The Labute approximate surface area is 129 Å². The van der Waals surface area contributed by atoms with Gasteiger partial charge in [0, 0.05) is 19.7 Å². The van der Waals surface area contributed by atoms with Gasteiger partial charge in [0.15, 0.2) is 0 Å². The molecule has 1 atom stereocenters. The molecule has 1 aromatic rings. The highest BCUT2D eigenvalue weighted by Crippen LogP contribution is 2.28. The molecule has 3 nitrogen and oxygen atoms in total. The zero-order valence-corrected chi connectivity index (χ0v) is 13.6. The SMILES string of the molecule is CCCC1CCN(C(CN)c2cccc(COC)c2)CC1. The van der Waals surface area contributed by atoms with Crippen LogP contribution in [-0.4, -0.2) is 31.6 Å². The molecular formula is C18H30N2O. The van der Waals surface area contributed by atoms with Crippen molar-refractivity contribution < 1.29 is 4.74 Å². The Bertz CT molecular complexity index is 413. The van der Waals surface area contributed by atoms with Crippen molar-refractivity contribution in [3.05, 3.63) is 35.4 Å². The smallest absolute Gasteiger partial charge is 0.0713 e. The Kier molecular flexibility index (Phi) is 6.68. The first-order valence-electron chi connectivity index (χ1n) is 8.30. The Balaban J connectivity index is 2.01. The maximum Gasteiger partial charge on any atom is 0.0713 e. The molecule has 118 valence electrons. The first-order chi connectivity index (χ1) is 10.3. The Hall–Kier alpha value is -0.900. The summed E-state index contributed by atoms with van der Waals surface area (Å²) in [5.41, 5.74) is 8.65. The second-order valence-electron chi connectivity index (χ2n) is 6.20. The van der Waals surface area contributed by atoms with Crippen LogP contribution in [0.3, 0.4) is 0 Å². The molecule has 0 bridgehead atoms. The van der Waals surface area contributed by atoms with Crippen LogP contribution in [0.15, 0.2) is 24.3 Å². The highest BCUT2D eigenvalue weighted by atomic mass is 16.5. The lowest BCUT2D eigenvalue weighted by Gasteiger charge is -2.37. The maximum atomic E-state index is 6.08. The minimum absolute atomic E-state index is 0.351. The molecule has 0 aliphatic carbocycles. The van der Waals surface area contributed by atoms with E-state index in [-0.39, 0.29) is 0 Å². The molecule has 1 aromatic carbocycles. The molecule has 0 amide bonds. The summed E-state index contributed by atoms with van der Waals surface area (Å²) < 4.78 is 5.24. The van der Waals surface area contributed by atoms with Crippen LogP contribution in [0.1, 0.15) is 49.8 Å². The summed E-state index contributed by atoms with van der Waals surface area (Å²) in [7, 11) is 1.74. The number of likely N-dealkylation sites (tertiary alicyclic amines) is 1. The van der Waals surface area contributed by atoms with E-state index in [4.69, 9.17) is 10.5 Å². The van der Waals surface area contributed by atoms with Gasteiger partial charge in [-0.2, -0.15) is 0 Å². The molecule has 1 aliphatic rings. The van der Waals surface area contributed by atoms with Gasteiger partial charge in [-0.3, -0.25) is 4.90 Å². The summed E-state index contributed by atoms with van der Waals surface area (Å²) >= 11 is 0. The van der Waals surface area contributed by atoms with Crippen molar-refractivity contribution in [2.45, 2.75) is 45.3 Å². The first kappa shape index (κ1) is 16.5. The number of hydrogen-bond donors (Lipinski definition) is 1. The van der Waals surface area contributed by atoms with Crippen LogP contribution in [0.25, 0.3) is 0 Å². The first-order valence-corrected chi connectivity index (χ1v) is 8.30. The van der Waals surface area contributed by atoms with Crippen molar-refractivity contribution in [1.82, 2.24) is 4.90 Å². The van der Waals surface area contributed by atoms with Crippen LogP contribution in [0, 0.1) is 5.92 Å². The van der Waals surface area contributed by atoms with E-state index in [1.165, 1.54) is 49.9 Å². The van der Waals surface area contributed by atoms with Gasteiger partial charge in [-0.25, -0.2) is 0 Å². The van der Waals surface area contributed by atoms with E-state index < -0.39 is 0 Å². The quantitative estimate of drug-likeness (QED) is 0.837. The molecular weight excluding hydrogens is 260 g/mol. The summed E-state index contributed by atoms with van der Waals surface area (Å²) in [4.78, 5) is 2.57. The minimum atomic E-state index is 0.351. The van der Waals surface area contributed by atoms with Crippen molar-refractivity contribution in [2.75, 3.05) is 26.7 Å². The molecule has 21 heavy (non-hydrogen) atoms. The number of rotatable bonds is 7. The zero-order chi connectivity index (χ0) is 15.1. The van der Waals surface area contributed by atoms with Gasteiger partial charge < -0.3 is 10.5 Å². The van der Waals surface area contributed by atoms with E-state index in [0.29, 0.717) is 19.2 Å². The molecule has 2 N–H and O–H groups in total. The van der Waals surface area contributed by atoms with E-state index in [1.54, 1.807) is 7.11 Å². The normalized spacial score (nSPS) is 18.8. The second kappa shape index (κ2) is 8.52. The summed E-state index contributed by atoms with van der Waals surface area (Å²) in [6.07, 6.45) is 5.33. The molecule has 0 saturated carbocycles. The van der Waals surface area contributed by atoms with Crippen LogP contribution in [0.5, 0.6) is 0 Å². The highest BCUT2D eigenvalue weighted by Gasteiger charge is 2.25. The third-order valence-corrected chi connectivity index (χ3v) is 4.66. The fourth-order valence-corrected chi connectivity index (χ4v) is 3.51. The van der Waals surface area contributed by atoms with E-state index in [9.17, 15) is 0 Å². The molecule has 1 saturated heterocycles. The van der Waals surface area contributed by atoms with Crippen molar-refractivity contribution in [3.8, 4) is 0 Å². The van der Waals surface area contributed by atoms with Crippen LogP contribution in [0.2, 0.25) is 0 Å². The van der Waals surface area contributed by atoms with Gasteiger partial charge in [-0.15, -0.1) is 0 Å². The predicted octanol–water partition coefficient (Wildman–Crippen LogP) is 3.34. The zero-order valence-electron chi connectivity index (χ0n) is 13.6. The predicted molar refractivity (Wildman–Crippen MR) is 88.2 cm³/mol. The second-order valence-corrected chi connectivity index (χ2v) is 6.20. The van der Waals surface area contributed by atoms with E-state index in [0.717, 1.165) is 5.92 Å². The minimum Gasteiger partial charge on any atom is -0.380 e. The summed E-state index contributed by atoms with van der Waals surface area (Å²) in [5.74, 6) is 0.921. The molecule has 1 fully saturated rings. The van der Waals surface area contributed by atoms with E-state index in [2.05, 4.69) is 36.1 Å². The third kappa shape index (κ3) is 4.53. The number of piperidine rings is 1. The lowest BCUT2D eigenvalue weighted by atomic mass is 9.90.